The fourth-order valence-corrected chi connectivity index (χ4v) is 2.29. The highest BCUT2D eigenvalue weighted by Gasteiger charge is 2.23. The number of carboxylic acid groups (broad SMARTS) is 1. The predicted octanol–water partition coefficient (Wildman–Crippen LogP) is 1.84. The first-order valence-corrected chi connectivity index (χ1v) is 6.44. The second kappa shape index (κ2) is 5.49. The van der Waals surface area contributed by atoms with Gasteiger partial charge in [0, 0.05) is 4.47 Å². The van der Waals surface area contributed by atoms with Gasteiger partial charge in [0.05, 0.1) is 17.3 Å². The smallest absolute Gasteiger partial charge is 0.337 e. The van der Waals surface area contributed by atoms with Crippen LogP contribution in [0.15, 0.2) is 22.7 Å². The highest BCUT2D eigenvalue weighted by molar-refractivity contribution is 9.10. The van der Waals surface area contributed by atoms with Gasteiger partial charge >= 0.3 is 5.97 Å². The van der Waals surface area contributed by atoms with Crippen LogP contribution in [0.3, 0.4) is 0 Å². The first-order chi connectivity index (χ1) is 8.58. The van der Waals surface area contributed by atoms with Crippen LogP contribution in [-0.2, 0) is 4.79 Å². The minimum Gasteiger partial charge on any atom is -0.478 e. The van der Waals surface area contributed by atoms with Gasteiger partial charge in [-0.15, -0.1) is 0 Å². The molecule has 1 atom stereocenters. The van der Waals surface area contributed by atoms with Crippen molar-refractivity contribution in [3.63, 3.8) is 0 Å². The summed E-state index contributed by atoms with van der Waals surface area (Å²) in [6.07, 6.45) is 1.75. The molecule has 1 heterocycles. The Morgan fingerprint density at radius 2 is 2.22 bits per heavy atom. The van der Waals surface area contributed by atoms with Crippen molar-refractivity contribution < 1.29 is 14.7 Å². The molecule has 18 heavy (non-hydrogen) atoms. The average molecular weight is 313 g/mol. The molecule has 1 aromatic rings. The second-order valence-corrected chi connectivity index (χ2v) is 5.05. The summed E-state index contributed by atoms with van der Waals surface area (Å²) in [5.74, 6) is -1.25. The number of hydrogen-bond donors (Lipinski definition) is 3. The Kier molecular flexibility index (Phi) is 3.98. The Morgan fingerprint density at radius 3 is 2.83 bits per heavy atom. The van der Waals surface area contributed by atoms with E-state index >= 15 is 0 Å². The molecule has 1 saturated heterocycles. The molecule has 3 N–H and O–H groups in total. The van der Waals surface area contributed by atoms with Gasteiger partial charge in [-0.2, -0.15) is 0 Å². The summed E-state index contributed by atoms with van der Waals surface area (Å²) < 4.78 is 0.664. The fraction of sp³-hybridized carbons (Fsp3) is 0.333. The molecule has 0 saturated carbocycles. The van der Waals surface area contributed by atoms with Gasteiger partial charge in [0.15, 0.2) is 0 Å². The van der Waals surface area contributed by atoms with E-state index in [1.165, 1.54) is 6.07 Å². The molecule has 0 spiro atoms. The van der Waals surface area contributed by atoms with Gasteiger partial charge in [-0.1, -0.05) is 15.9 Å². The van der Waals surface area contributed by atoms with Crippen molar-refractivity contribution in [2.75, 3.05) is 11.9 Å². The molecular formula is C12H13BrN2O3. The highest BCUT2D eigenvalue weighted by atomic mass is 79.9. The number of benzene rings is 1. The Morgan fingerprint density at radius 1 is 1.44 bits per heavy atom. The summed E-state index contributed by atoms with van der Waals surface area (Å²) in [6, 6.07) is 4.53. The number of carbonyl (C=O) groups excluding carboxylic acids is 1. The first kappa shape index (κ1) is 13.0. The van der Waals surface area contributed by atoms with Crippen LogP contribution in [0.5, 0.6) is 0 Å². The van der Waals surface area contributed by atoms with E-state index in [0.717, 1.165) is 19.4 Å². The Balaban J connectivity index is 2.17. The molecule has 0 bridgehead atoms. The van der Waals surface area contributed by atoms with Crippen molar-refractivity contribution in [1.82, 2.24) is 5.32 Å². The third-order valence-corrected chi connectivity index (χ3v) is 3.34. The summed E-state index contributed by atoms with van der Waals surface area (Å²) in [7, 11) is 0. The molecule has 1 aliphatic heterocycles. The molecule has 6 heteroatoms. The van der Waals surface area contributed by atoms with Crippen molar-refractivity contribution in [3.8, 4) is 0 Å². The van der Waals surface area contributed by atoms with E-state index in [0.29, 0.717) is 10.2 Å². The third kappa shape index (κ3) is 2.88. The number of rotatable bonds is 3. The zero-order valence-corrected chi connectivity index (χ0v) is 11.2. The molecular weight excluding hydrogens is 300 g/mol. The molecule has 1 fully saturated rings. The van der Waals surface area contributed by atoms with Crippen LogP contribution in [0.25, 0.3) is 0 Å². The molecule has 2 rings (SSSR count). The maximum atomic E-state index is 11.9. The number of hydrogen-bond acceptors (Lipinski definition) is 3. The van der Waals surface area contributed by atoms with Crippen molar-refractivity contribution in [2.24, 2.45) is 0 Å². The topological polar surface area (TPSA) is 78.4 Å². The maximum Gasteiger partial charge on any atom is 0.337 e. The lowest BCUT2D eigenvalue weighted by Crippen LogP contribution is -2.35. The zero-order valence-electron chi connectivity index (χ0n) is 9.57. The number of carboxylic acids is 1. The van der Waals surface area contributed by atoms with Gasteiger partial charge in [-0.25, -0.2) is 4.79 Å². The summed E-state index contributed by atoms with van der Waals surface area (Å²) in [4.78, 5) is 23.0. The highest BCUT2D eigenvalue weighted by Crippen LogP contribution is 2.21. The number of halogens is 1. The lowest BCUT2D eigenvalue weighted by Gasteiger charge is -2.13. The van der Waals surface area contributed by atoms with Crippen LogP contribution >= 0.6 is 15.9 Å². The molecule has 1 amide bonds. The number of nitrogens with one attached hydrogen (secondary N) is 2. The predicted molar refractivity (Wildman–Crippen MR) is 70.8 cm³/mol. The monoisotopic (exact) mass is 312 g/mol. The van der Waals surface area contributed by atoms with Crippen molar-refractivity contribution >= 4 is 33.5 Å². The van der Waals surface area contributed by atoms with Gasteiger partial charge in [-0.05, 0) is 37.6 Å². The van der Waals surface area contributed by atoms with Crippen LogP contribution < -0.4 is 10.6 Å². The van der Waals surface area contributed by atoms with E-state index in [1.54, 1.807) is 12.1 Å². The van der Waals surface area contributed by atoms with Crippen molar-refractivity contribution in [2.45, 2.75) is 18.9 Å². The van der Waals surface area contributed by atoms with E-state index in [2.05, 4.69) is 26.6 Å². The number of amides is 1. The molecule has 96 valence electrons. The van der Waals surface area contributed by atoms with Crippen molar-refractivity contribution in [1.29, 1.82) is 0 Å². The van der Waals surface area contributed by atoms with Crippen LogP contribution in [0.2, 0.25) is 0 Å². The molecule has 0 radical (unpaired) electrons. The Hall–Kier alpha value is -1.40. The standard InChI is InChI=1S/C12H13BrN2O3/c13-7-3-4-9(8(6-7)12(17)18)15-11(16)10-2-1-5-14-10/h3-4,6,10,14H,1-2,5H2,(H,15,16)(H,17,18)/t10-/m1/s1. The SMILES string of the molecule is O=C(O)c1cc(Br)ccc1NC(=O)[C@H]1CCCN1. The Bertz CT molecular complexity index is 484. The largest absolute Gasteiger partial charge is 0.478 e. The van der Waals surface area contributed by atoms with Gasteiger partial charge in [0.2, 0.25) is 5.91 Å². The number of anilines is 1. The maximum absolute atomic E-state index is 11.9. The van der Waals surface area contributed by atoms with Gasteiger partial charge in [-0.3, -0.25) is 4.79 Å². The quantitative estimate of drug-likeness (QED) is 0.795. The van der Waals surface area contributed by atoms with E-state index < -0.39 is 5.97 Å². The summed E-state index contributed by atoms with van der Waals surface area (Å²) in [5, 5.41) is 14.8. The van der Waals surface area contributed by atoms with E-state index in [4.69, 9.17) is 5.11 Å². The van der Waals surface area contributed by atoms with Crippen molar-refractivity contribution in [3.05, 3.63) is 28.2 Å². The number of carbonyl (C=O) groups is 2. The summed E-state index contributed by atoms with van der Waals surface area (Å²) >= 11 is 3.21. The first-order valence-electron chi connectivity index (χ1n) is 5.65. The normalized spacial score (nSPS) is 18.6. The minimum absolute atomic E-state index is 0.0794. The lowest BCUT2D eigenvalue weighted by molar-refractivity contribution is -0.117. The average Bonchev–Trinajstić information content (AvgIpc) is 2.84. The summed E-state index contributed by atoms with van der Waals surface area (Å²) in [6.45, 7) is 0.824. The van der Waals surface area contributed by atoms with Crippen LogP contribution in [-0.4, -0.2) is 29.6 Å². The molecule has 0 aliphatic carbocycles. The minimum atomic E-state index is -1.06. The molecule has 1 aliphatic rings. The molecule has 1 aromatic carbocycles. The zero-order chi connectivity index (χ0) is 13.1. The van der Waals surface area contributed by atoms with Crippen LogP contribution in [0.1, 0.15) is 23.2 Å². The number of aromatic carboxylic acids is 1. The van der Waals surface area contributed by atoms with Gasteiger partial charge in [0.1, 0.15) is 0 Å². The lowest BCUT2D eigenvalue weighted by atomic mass is 10.1. The van der Waals surface area contributed by atoms with E-state index in [9.17, 15) is 9.59 Å². The molecule has 0 unspecified atom stereocenters. The van der Waals surface area contributed by atoms with Crippen LogP contribution in [0.4, 0.5) is 5.69 Å². The van der Waals surface area contributed by atoms with Gasteiger partial charge < -0.3 is 15.7 Å². The van der Waals surface area contributed by atoms with Gasteiger partial charge in [0.25, 0.3) is 0 Å². The Labute approximate surface area is 113 Å². The van der Waals surface area contributed by atoms with Crippen LogP contribution in [0, 0.1) is 0 Å². The van der Waals surface area contributed by atoms with E-state index in [-0.39, 0.29) is 17.5 Å². The molecule has 5 nitrogen and oxygen atoms in total. The summed E-state index contributed by atoms with van der Waals surface area (Å²) in [5.41, 5.74) is 0.403. The van der Waals surface area contributed by atoms with E-state index in [1.807, 2.05) is 0 Å². The third-order valence-electron chi connectivity index (χ3n) is 2.85. The molecule has 0 aromatic heterocycles. The second-order valence-electron chi connectivity index (χ2n) is 4.13. The fourth-order valence-electron chi connectivity index (χ4n) is 1.93.